The Morgan fingerprint density at radius 3 is 2.38 bits per heavy atom. The van der Waals surface area contributed by atoms with Crippen LogP contribution in [0.5, 0.6) is 17.2 Å². The Morgan fingerprint density at radius 2 is 1.62 bits per heavy atom. The molecule has 0 aliphatic carbocycles. The van der Waals surface area contributed by atoms with Crippen molar-refractivity contribution < 1.29 is 23.4 Å². The first-order valence-electron chi connectivity index (χ1n) is 9.33. The van der Waals surface area contributed by atoms with E-state index in [0.29, 0.717) is 35.1 Å². The van der Waals surface area contributed by atoms with Gasteiger partial charge in [0.25, 0.3) is 5.91 Å². The summed E-state index contributed by atoms with van der Waals surface area (Å²) in [5.74, 6) is 1.35. The lowest BCUT2D eigenvalue weighted by Gasteiger charge is -2.13. The summed E-state index contributed by atoms with van der Waals surface area (Å²) in [5, 5.41) is 4.75. The summed E-state index contributed by atoms with van der Waals surface area (Å²) < 4.78 is 22.5. The number of para-hydroxylation sites is 3. The van der Waals surface area contributed by atoms with Gasteiger partial charge in [-0.05, 0) is 31.2 Å². The normalized spacial score (nSPS) is 10.8. The highest BCUT2D eigenvalue weighted by Crippen LogP contribution is 2.36. The van der Waals surface area contributed by atoms with Crippen molar-refractivity contribution in [3.8, 4) is 17.2 Å². The Bertz CT molecular complexity index is 1160. The van der Waals surface area contributed by atoms with Gasteiger partial charge < -0.3 is 23.9 Å². The number of carbonyl (C=O) groups is 1. The molecule has 1 amide bonds. The molecule has 4 aromatic rings. The molecule has 1 heterocycles. The molecule has 0 radical (unpaired) electrons. The smallest absolute Gasteiger partial charge is 0.262 e. The molecular weight excluding hydrogens is 370 g/mol. The first-order chi connectivity index (χ1) is 14.2. The van der Waals surface area contributed by atoms with Crippen molar-refractivity contribution in [3.05, 3.63) is 60.7 Å². The second kappa shape index (κ2) is 8.14. The fraction of sp³-hybridized carbons (Fsp3) is 0.174. The summed E-state index contributed by atoms with van der Waals surface area (Å²) in [6.07, 6.45) is 0. The number of methoxy groups -OCH3 is 1. The maximum absolute atomic E-state index is 12.5. The summed E-state index contributed by atoms with van der Waals surface area (Å²) in [6, 6.07) is 18.6. The lowest BCUT2D eigenvalue weighted by atomic mass is 10.1. The molecule has 1 N–H and O–H groups in total. The number of nitrogens with one attached hydrogen (secondary N) is 1. The van der Waals surface area contributed by atoms with Gasteiger partial charge in [0.15, 0.2) is 18.1 Å². The highest BCUT2D eigenvalue weighted by Gasteiger charge is 2.15. The quantitative estimate of drug-likeness (QED) is 0.479. The predicted molar refractivity (Wildman–Crippen MR) is 112 cm³/mol. The summed E-state index contributed by atoms with van der Waals surface area (Å²) in [7, 11) is 1.56. The highest BCUT2D eigenvalue weighted by molar-refractivity contribution is 6.07. The van der Waals surface area contributed by atoms with Gasteiger partial charge in [-0.15, -0.1) is 0 Å². The third-order valence-corrected chi connectivity index (χ3v) is 4.48. The number of ether oxygens (including phenoxy) is 3. The zero-order valence-corrected chi connectivity index (χ0v) is 16.2. The van der Waals surface area contributed by atoms with Crippen molar-refractivity contribution in [3.63, 3.8) is 0 Å². The van der Waals surface area contributed by atoms with E-state index in [9.17, 15) is 4.79 Å². The van der Waals surface area contributed by atoms with Crippen molar-refractivity contribution in [2.45, 2.75) is 6.92 Å². The summed E-state index contributed by atoms with van der Waals surface area (Å²) in [5.41, 5.74) is 1.97. The maximum atomic E-state index is 12.5. The number of anilines is 1. The Labute approximate surface area is 168 Å². The second-order valence-corrected chi connectivity index (χ2v) is 6.36. The fourth-order valence-electron chi connectivity index (χ4n) is 3.19. The minimum atomic E-state index is -0.315. The lowest BCUT2D eigenvalue weighted by Crippen LogP contribution is -2.20. The van der Waals surface area contributed by atoms with E-state index in [4.69, 9.17) is 18.6 Å². The molecule has 0 spiro atoms. The van der Waals surface area contributed by atoms with Crippen LogP contribution in [0.2, 0.25) is 0 Å². The van der Waals surface area contributed by atoms with Crippen LogP contribution >= 0.6 is 0 Å². The van der Waals surface area contributed by atoms with Gasteiger partial charge in [0, 0.05) is 16.8 Å². The Hall–Kier alpha value is -3.67. The number of hydrogen-bond acceptors (Lipinski definition) is 5. The molecule has 1 aromatic heterocycles. The predicted octanol–water partition coefficient (Wildman–Crippen LogP) is 5.01. The van der Waals surface area contributed by atoms with Crippen LogP contribution in [0.3, 0.4) is 0 Å². The Morgan fingerprint density at radius 1 is 0.897 bits per heavy atom. The molecule has 0 bridgehead atoms. The summed E-state index contributed by atoms with van der Waals surface area (Å²) in [6.45, 7) is 2.25. The Balaban J connectivity index is 1.54. The number of benzene rings is 3. The van der Waals surface area contributed by atoms with E-state index in [0.717, 1.165) is 16.4 Å². The van der Waals surface area contributed by atoms with Crippen LogP contribution < -0.4 is 19.5 Å². The van der Waals surface area contributed by atoms with Crippen molar-refractivity contribution in [1.29, 1.82) is 0 Å². The van der Waals surface area contributed by atoms with Gasteiger partial charge in [0.05, 0.1) is 19.4 Å². The fourth-order valence-corrected chi connectivity index (χ4v) is 3.19. The van der Waals surface area contributed by atoms with E-state index in [1.807, 2.05) is 49.4 Å². The highest BCUT2D eigenvalue weighted by atomic mass is 16.5. The SMILES string of the molecule is CCOc1ccccc1OCC(=O)Nc1cc2oc3ccccc3c2cc1OC. The van der Waals surface area contributed by atoms with E-state index in [1.165, 1.54) is 0 Å². The van der Waals surface area contributed by atoms with Crippen molar-refractivity contribution in [2.24, 2.45) is 0 Å². The standard InChI is InChI=1S/C23H21NO5/c1-3-27-19-10-6-7-11-20(19)28-14-23(25)24-17-13-21-16(12-22(17)26-2)15-8-4-5-9-18(15)29-21/h4-13H,3,14H2,1-2H3,(H,24,25). The topological polar surface area (TPSA) is 69.9 Å². The van der Waals surface area contributed by atoms with Crippen LogP contribution in [0.1, 0.15) is 6.92 Å². The second-order valence-electron chi connectivity index (χ2n) is 6.36. The molecule has 0 unspecified atom stereocenters. The average Bonchev–Trinajstić information content (AvgIpc) is 3.10. The zero-order chi connectivity index (χ0) is 20.2. The van der Waals surface area contributed by atoms with Crippen LogP contribution in [0.4, 0.5) is 5.69 Å². The van der Waals surface area contributed by atoms with Gasteiger partial charge >= 0.3 is 0 Å². The van der Waals surface area contributed by atoms with Crippen LogP contribution in [0.15, 0.2) is 65.1 Å². The molecule has 6 heteroatoms. The summed E-state index contributed by atoms with van der Waals surface area (Å²) in [4.78, 5) is 12.5. The van der Waals surface area contributed by atoms with Crippen molar-refractivity contribution in [2.75, 3.05) is 25.6 Å². The molecule has 0 aliphatic heterocycles. The number of fused-ring (bicyclic) bond motifs is 3. The Kier molecular flexibility index (Phi) is 5.24. The lowest BCUT2D eigenvalue weighted by molar-refractivity contribution is -0.118. The van der Waals surface area contributed by atoms with Gasteiger partial charge in [0.1, 0.15) is 16.9 Å². The molecule has 6 nitrogen and oxygen atoms in total. The number of rotatable bonds is 7. The van der Waals surface area contributed by atoms with Crippen LogP contribution in [-0.4, -0.2) is 26.2 Å². The number of amides is 1. The van der Waals surface area contributed by atoms with E-state index in [1.54, 1.807) is 25.3 Å². The summed E-state index contributed by atoms with van der Waals surface area (Å²) >= 11 is 0. The van der Waals surface area contributed by atoms with Gasteiger partial charge in [-0.1, -0.05) is 30.3 Å². The third-order valence-electron chi connectivity index (χ3n) is 4.48. The molecule has 3 aromatic carbocycles. The zero-order valence-electron chi connectivity index (χ0n) is 16.2. The van der Waals surface area contributed by atoms with Gasteiger partial charge in [-0.3, -0.25) is 4.79 Å². The first-order valence-corrected chi connectivity index (χ1v) is 9.33. The van der Waals surface area contributed by atoms with Gasteiger partial charge in [0.2, 0.25) is 0 Å². The molecule has 0 saturated heterocycles. The van der Waals surface area contributed by atoms with Gasteiger partial charge in [-0.2, -0.15) is 0 Å². The molecule has 0 atom stereocenters. The van der Waals surface area contributed by atoms with Gasteiger partial charge in [-0.25, -0.2) is 0 Å². The van der Waals surface area contributed by atoms with Crippen LogP contribution in [0.25, 0.3) is 21.9 Å². The van der Waals surface area contributed by atoms with E-state index in [2.05, 4.69) is 5.32 Å². The average molecular weight is 391 g/mol. The number of hydrogen-bond donors (Lipinski definition) is 1. The van der Waals surface area contributed by atoms with E-state index >= 15 is 0 Å². The molecule has 4 rings (SSSR count). The van der Waals surface area contributed by atoms with E-state index < -0.39 is 0 Å². The van der Waals surface area contributed by atoms with E-state index in [-0.39, 0.29) is 12.5 Å². The van der Waals surface area contributed by atoms with Crippen molar-refractivity contribution >= 4 is 33.5 Å². The number of furan rings is 1. The monoisotopic (exact) mass is 391 g/mol. The molecule has 0 aliphatic rings. The third kappa shape index (κ3) is 3.82. The molecule has 0 saturated carbocycles. The first kappa shape index (κ1) is 18.7. The minimum absolute atomic E-state index is 0.161. The van der Waals surface area contributed by atoms with Crippen LogP contribution in [0, 0.1) is 0 Å². The molecule has 29 heavy (non-hydrogen) atoms. The van der Waals surface area contributed by atoms with Crippen LogP contribution in [-0.2, 0) is 4.79 Å². The number of carbonyl (C=O) groups excluding carboxylic acids is 1. The molecule has 148 valence electrons. The van der Waals surface area contributed by atoms with Crippen molar-refractivity contribution in [1.82, 2.24) is 0 Å². The minimum Gasteiger partial charge on any atom is -0.495 e. The largest absolute Gasteiger partial charge is 0.495 e. The maximum Gasteiger partial charge on any atom is 0.262 e. The molecular formula is C23H21NO5. The molecule has 0 fully saturated rings.